The topological polar surface area (TPSA) is 35.5 Å². The van der Waals surface area contributed by atoms with E-state index in [2.05, 4.69) is 19.9 Å². The number of unbranched alkanes of at least 4 members (excludes halogenated alkanes) is 7. The molecule has 0 amide bonds. The molecule has 4 heteroatoms. The van der Waals surface area contributed by atoms with Crippen LogP contribution in [0.1, 0.15) is 85.5 Å². The minimum Gasteiger partial charge on any atom is -0.309 e. The molecule has 23 heavy (non-hydrogen) atoms. The standard InChI is InChI=1S/C19H39O3P/c1-5-8-9-10-11-12-13-14-16-19(4)17-15-18-23(20,21-6-2)22-7-3/h15,17,19H,5-14,16,18H2,1-4H3/b17-15-. The maximum absolute atomic E-state index is 12.3. The lowest BCUT2D eigenvalue weighted by molar-refractivity contribution is 0.222. The first-order valence-corrected chi connectivity index (χ1v) is 11.4. The Balaban J connectivity index is 3.75. The van der Waals surface area contributed by atoms with Crippen LogP contribution in [0.15, 0.2) is 12.2 Å². The van der Waals surface area contributed by atoms with Gasteiger partial charge >= 0.3 is 7.60 Å². The molecule has 0 saturated carbocycles. The van der Waals surface area contributed by atoms with E-state index in [9.17, 15) is 4.57 Å². The maximum Gasteiger partial charge on any atom is 0.334 e. The highest BCUT2D eigenvalue weighted by Gasteiger charge is 2.21. The molecule has 0 heterocycles. The van der Waals surface area contributed by atoms with Crippen molar-refractivity contribution >= 4 is 7.60 Å². The first-order valence-electron chi connectivity index (χ1n) is 9.62. The molecule has 0 aromatic carbocycles. The predicted octanol–water partition coefficient (Wildman–Crippen LogP) is 6.98. The van der Waals surface area contributed by atoms with Crippen molar-refractivity contribution in [1.82, 2.24) is 0 Å². The van der Waals surface area contributed by atoms with Gasteiger partial charge in [0.15, 0.2) is 0 Å². The summed E-state index contributed by atoms with van der Waals surface area (Å²) in [5, 5.41) is 0. The molecule has 0 fully saturated rings. The zero-order valence-corrected chi connectivity index (χ0v) is 16.8. The molecule has 3 nitrogen and oxygen atoms in total. The molecule has 138 valence electrons. The van der Waals surface area contributed by atoms with Gasteiger partial charge < -0.3 is 9.05 Å². The van der Waals surface area contributed by atoms with E-state index in [0.29, 0.717) is 25.3 Å². The maximum atomic E-state index is 12.3. The van der Waals surface area contributed by atoms with Crippen LogP contribution in [0.5, 0.6) is 0 Å². The number of allylic oxidation sites excluding steroid dienone is 2. The third-order valence-electron chi connectivity index (χ3n) is 3.96. The molecule has 1 unspecified atom stereocenters. The van der Waals surface area contributed by atoms with Gasteiger partial charge in [-0.15, -0.1) is 0 Å². The molecule has 0 spiro atoms. The van der Waals surface area contributed by atoms with Gasteiger partial charge in [0.05, 0.1) is 19.4 Å². The van der Waals surface area contributed by atoms with E-state index in [-0.39, 0.29) is 0 Å². The molecule has 1 atom stereocenters. The molecule has 0 aliphatic rings. The van der Waals surface area contributed by atoms with Crippen molar-refractivity contribution in [3.8, 4) is 0 Å². The fourth-order valence-corrected chi connectivity index (χ4v) is 4.11. The monoisotopic (exact) mass is 346 g/mol. The molecule has 0 aromatic rings. The fraction of sp³-hybridized carbons (Fsp3) is 0.895. The van der Waals surface area contributed by atoms with Crippen LogP contribution < -0.4 is 0 Å². The lowest BCUT2D eigenvalue weighted by Gasteiger charge is -2.15. The van der Waals surface area contributed by atoms with Gasteiger partial charge in [-0.1, -0.05) is 77.4 Å². The fourth-order valence-electron chi connectivity index (χ4n) is 2.65. The molecule has 0 bridgehead atoms. The van der Waals surface area contributed by atoms with E-state index >= 15 is 0 Å². The Morgan fingerprint density at radius 3 is 1.91 bits per heavy atom. The Hall–Kier alpha value is -0.110. The van der Waals surface area contributed by atoms with Crippen molar-refractivity contribution in [2.24, 2.45) is 5.92 Å². The molecule has 0 rings (SSSR count). The summed E-state index contributed by atoms with van der Waals surface area (Å²) in [6.07, 6.45) is 16.6. The van der Waals surface area contributed by atoms with Crippen LogP contribution in [-0.2, 0) is 13.6 Å². The summed E-state index contributed by atoms with van der Waals surface area (Å²) in [5.74, 6) is 0.534. The van der Waals surface area contributed by atoms with Crippen LogP contribution in [0.2, 0.25) is 0 Å². The minimum atomic E-state index is -2.91. The molecule has 0 aliphatic heterocycles. The molecule has 0 aliphatic carbocycles. The summed E-state index contributed by atoms with van der Waals surface area (Å²) in [5.41, 5.74) is 0. The quantitative estimate of drug-likeness (QED) is 0.172. The average Bonchev–Trinajstić information content (AvgIpc) is 2.50. The predicted molar refractivity (Wildman–Crippen MR) is 101 cm³/mol. The average molecular weight is 346 g/mol. The Morgan fingerprint density at radius 2 is 1.39 bits per heavy atom. The van der Waals surface area contributed by atoms with Gasteiger partial charge in [0.1, 0.15) is 0 Å². The van der Waals surface area contributed by atoms with Gasteiger partial charge in [-0.2, -0.15) is 0 Å². The van der Waals surface area contributed by atoms with E-state index in [4.69, 9.17) is 9.05 Å². The molecular formula is C19H39O3P. The molecule has 0 aromatic heterocycles. The van der Waals surface area contributed by atoms with Crippen molar-refractivity contribution in [3.63, 3.8) is 0 Å². The number of hydrogen-bond donors (Lipinski definition) is 0. The Kier molecular flexibility index (Phi) is 15.3. The second-order valence-corrected chi connectivity index (χ2v) is 8.40. The van der Waals surface area contributed by atoms with Gasteiger partial charge in [0, 0.05) is 0 Å². The van der Waals surface area contributed by atoms with Crippen LogP contribution in [0, 0.1) is 5.92 Å². The van der Waals surface area contributed by atoms with Crippen molar-refractivity contribution in [2.75, 3.05) is 19.4 Å². The summed E-state index contributed by atoms with van der Waals surface area (Å²) in [4.78, 5) is 0. The summed E-state index contributed by atoms with van der Waals surface area (Å²) in [6.45, 7) is 9.04. The van der Waals surface area contributed by atoms with E-state index in [0.717, 1.165) is 0 Å². The van der Waals surface area contributed by atoms with Gasteiger partial charge in [-0.25, -0.2) is 0 Å². The summed E-state index contributed by atoms with van der Waals surface area (Å²) >= 11 is 0. The summed E-state index contributed by atoms with van der Waals surface area (Å²) in [7, 11) is -2.91. The first-order chi connectivity index (χ1) is 11.1. The van der Waals surface area contributed by atoms with Crippen LogP contribution in [-0.4, -0.2) is 19.4 Å². The third-order valence-corrected chi connectivity index (χ3v) is 5.92. The van der Waals surface area contributed by atoms with E-state index in [1.807, 2.05) is 19.9 Å². The Bertz CT molecular complexity index is 319. The van der Waals surface area contributed by atoms with E-state index in [1.165, 1.54) is 57.8 Å². The van der Waals surface area contributed by atoms with Crippen LogP contribution in [0.3, 0.4) is 0 Å². The van der Waals surface area contributed by atoms with Crippen LogP contribution in [0.25, 0.3) is 0 Å². The zero-order valence-electron chi connectivity index (χ0n) is 15.9. The smallest absolute Gasteiger partial charge is 0.309 e. The highest BCUT2D eigenvalue weighted by Crippen LogP contribution is 2.47. The lowest BCUT2D eigenvalue weighted by atomic mass is 10.0. The van der Waals surface area contributed by atoms with Crippen molar-refractivity contribution < 1.29 is 13.6 Å². The second kappa shape index (κ2) is 15.4. The van der Waals surface area contributed by atoms with Gasteiger partial charge in [0.2, 0.25) is 0 Å². The first kappa shape index (κ1) is 22.9. The van der Waals surface area contributed by atoms with Gasteiger partial charge in [-0.3, -0.25) is 4.57 Å². The van der Waals surface area contributed by atoms with Crippen molar-refractivity contribution in [3.05, 3.63) is 12.2 Å². The largest absolute Gasteiger partial charge is 0.334 e. The Labute approximate surface area is 144 Å². The second-order valence-electron chi connectivity index (χ2n) is 6.30. The van der Waals surface area contributed by atoms with E-state index in [1.54, 1.807) is 0 Å². The molecular weight excluding hydrogens is 307 g/mol. The van der Waals surface area contributed by atoms with E-state index < -0.39 is 7.60 Å². The number of hydrogen-bond acceptors (Lipinski definition) is 3. The van der Waals surface area contributed by atoms with Crippen molar-refractivity contribution in [1.29, 1.82) is 0 Å². The minimum absolute atomic E-state index is 0.385. The highest BCUT2D eigenvalue weighted by molar-refractivity contribution is 7.54. The molecule has 0 saturated heterocycles. The zero-order chi connectivity index (χ0) is 17.4. The normalized spacial score (nSPS) is 13.7. The van der Waals surface area contributed by atoms with Gasteiger partial charge in [0.25, 0.3) is 0 Å². The SMILES string of the molecule is CCCCCCCCCCC(C)/C=C\CP(=O)(OCC)OCC. The van der Waals surface area contributed by atoms with Gasteiger partial charge in [-0.05, 0) is 26.2 Å². The Morgan fingerprint density at radius 1 is 0.870 bits per heavy atom. The summed E-state index contributed by atoms with van der Waals surface area (Å²) < 4.78 is 22.9. The highest BCUT2D eigenvalue weighted by atomic mass is 31.2. The lowest BCUT2D eigenvalue weighted by Crippen LogP contribution is -1.99. The van der Waals surface area contributed by atoms with Crippen LogP contribution in [0.4, 0.5) is 0 Å². The van der Waals surface area contributed by atoms with Crippen molar-refractivity contribution in [2.45, 2.75) is 85.5 Å². The van der Waals surface area contributed by atoms with Crippen LogP contribution >= 0.6 is 7.60 Å². The third kappa shape index (κ3) is 14.0. The summed E-state index contributed by atoms with van der Waals surface area (Å²) in [6, 6.07) is 0. The molecule has 0 N–H and O–H groups in total. The number of rotatable bonds is 16. The molecule has 0 radical (unpaired) electrons.